The molecule has 2 nitrogen and oxygen atoms in total. The minimum atomic E-state index is -2.22. The summed E-state index contributed by atoms with van der Waals surface area (Å²) < 4.78 is 23.8. The fourth-order valence-corrected chi connectivity index (χ4v) is 1.43. The molecular weight excluding hydrogens is 150 g/mol. The highest BCUT2D eigenvalue weighted by Crippen LogP contribution is 2.17. The average Bonchev–Trinajstić information content (AvgIpc) is 1.93. The van der Waals surface area contributed by atoms with E-state index in [9.17, 15) is 8.78 Å². The summed E-state index contributed by atoms with van der Waals surface area (Å²) in [5.41, 5.74) is 5.65. The van der Waals surface area contributed by atoms with Gasteiger partial charge in [-0.1, -0.05) is 0 Å². The summed E-state index contributed by atoms with van der Waals surface area (Å²) in [5, 5.41) is 3.06. The van der Waals surface area contributed by atoms with E-state index >= 15 is 0 Å². The normalized spacial score (nSPS) is 32.7. The van der Waals surface area contributed by atoms with Crippen molar-refractivity contribution in [2.45, 2.75) is 25.3 Å². The second-order valence-electron chi connectivity index (χ2n) is 3.04. The summed E-state index contributed by atoms with van der Waals surface area (Å²) in [6.45, 7) is 1.51. The first kappa shape index (κ1) is 8.87. The number of rotatable bonds is 2. The number of halogens is 2. The Labute approximate surface area is 65.1 Å². The van der Waals surface area contributed by atoms with Crippen molar-refractivity contribution in [1.82, 2.24) is 5.32 Å². The third-order valence-electron chi connectivity index (χ3n) is 2.15. The molecule has 0 radical (unpaired) electrons. The van der Waals surface area contributed by atoms with Crippen molar-refractivity contribution in [2.75, 3.05) is 13.1 Å². The van der Waals surface area contributed by atoms with Gasteiger partial charge < -0.3 is 11.1 Å². The second kappa shape index (κ2) is 3.97. The summed E-state index contributed by atoms with van der Waals surface area (Å²) in [7, 11) is 0. The summed E-state index contributed by atoms with van der Waals surface area (Å²) in [5.74, 6) is -0.0382. The molecule has 11 heavy (non-hydrogen) atoms. The predicted octanol–water partition coefficient (Wildman–Crippen LogP) is 0.578. The minimum Gasteiger partial charge on any atom is -0.327 e. The van der Waals surface area contributed by atoms with Crippen LogP contribution in [0.3, 0.4) is 0 Å². The maximum Gasteiger partial charge on any atom is 0.239 e. The summed E-state index contributed by atoms with van der Waals surface area (Å²) in [6, 6.07) is -0.0368. The van der Waals surface area contributed by atoms with Gasteiger partial charge in [-0.25, -0.2) is 8.78 Å². The van der Waals surface area contributed by atoms with Crippen molar-refractivity contribution < 1.29 is 8.78 Å². The molecule has 66 valence electrons. The minimum absolute atomic E-state index is 0.0368. The number of hydrogen-bond donors (Lipinski definition) is 2. The molecule has 1 saturated heterocycles. The van der Waals surface area contributed by atoms with Gasteiger partial charge in [0.2, 0.25) is 6.43 Å². The van der Waals surface area contributed by atoms with Crippen LogP contribution < -0.4 is 11.1 Å². The molecule has 4 heteroatoms. The molecule has 0 aromatic carbocycles. The second-order valence-corrected chi connectivity index (χ2v) is 3.04. The molecule has 3 N–H and O–H groups in total. The van der Waals surface area contributed by atoms with E-state index in [0.29, 0.717) is 6.54 Å². The summed E-state index contributed by atoms with van der Waals surface area (Å²) in [4.78, 5) is 0. The molecule has 0 bridgehead atoms. The van der Waals surface area contributed by atoms with E-state index in [1.807, 2.05) is 0 Å². The van der Waals surface area contributed by atoms with Crippen LogP contribution in [0.2, 0.25) is 0 Å². The molecule has 1 aliphatic rings. The Bertz CT molecular complexity index is 119. The number of piperidine rings is 1. The lowest BCUT2D eigenvalue weighted by Gasteiger charge is -2.28. The van der Waals surface area contributed by atoms with Crippen molar-refractivity contribution in [3.63, 3.8) is 0 Å². The van der Waals surface area contributed by atoms with Crippen molar-refractivity contribution in [3.05, 3.63) is 0 Å². The fraction of sp³-hybridized carbons (Fsp3) is 1.00. The van der Waals surface area contributed by atoms with Gasteiger partial charge in [-0.2, -0.15) is 0 Å². The zero-order chi connectivity index (χ0) is 8.27. The van der Waals surface area contributed by atoms with Crippen LogP contribution in [0.5, 0.6) is 0 Å². The zero-order valence-electron chi connectivity index (χ0n) is 6.39. The lowest BCUT2D eigenvalue weighted by atomic mass is 9.91. The largest absolute Gasteiger partial charge is 0.327 e. The van der Waals surface area contributed by atoms with Gasteiger partial charge >= 0.3 is 0 Å². The molecule has 2 atom stereocenters. The Morgan fingerprint density at radius 1 is 1.55 bits per heavy atom. The zero-order valence-corrected chi connectivity index (χ0v) is 6.39. The Balaban J connectivity index is 2.29. The average molecular weight is 164 g/mol. The third kappa shape index (κ3) is 2.71. The van der Waals surface area contributed by atoms with Gasteiger partial charge in [-0.3, -0.25) is 0 Å². The van der Waals surface area contributed by atoms with Crippen LogP contribution in [0.4, 0.5) is 8.78 Å². The first-order valence-corrected chi connectivity index (χ1v) is 3.94. The van der Waals surface area contributed by atoms with E-state index in [4.69, 9.17) is 5.73 Å². The SMILES string of the molecule is NC1CCNCC1CC(F)F. The number of nitrogens with two attached hydrogens (primary N) is 1. The fourth-order valence-electron chi connectivity index (χ4n) is 1.43. The van der Waals surface area contributed by atoms with E-state index in [1.165, 1.54) is 0 Å². The molecule has 0 amide bonds. The van der Waals surface area contributed by atoms with E-state index in [2.05, 4.69) is 5.32 Å². The standard InChI is InChI=1S/C7H14F2N2/c8-7(9)3-5-4-11-2-1-6(5)10/h5-7,11H,1-4,10H2. The summed E-state index contributed by atoms with van der Waals surface area (Å²) in [6.07, 6.45) is -1.46. The van der Waals surface area contributed by atoms with Gasteiger partial charge in [0.15, 0.2) is 0 Å². The van der Waals surface area contributed by atoms with Crippen molar-refractivity contribution in [3.8, 4) is 0 Å². The van der Waals surface area contributed by atoms with E-state index in [1.54, 1.807) is 0 Å². The molecule has 1 fully saturated rings. The molecule has 0 saturated carbocycles. The van der Waals surface area contributed by atoms with Crippen molar-refractivity contribution in [2.24, 2.45) is 11.7 Å². The van der Waals surface area contributed by atoms with E-state index in [-0.39, 0.29) is 18.4 Å². The van der Waals surface area contributed by atoms with E-state index < -0.39 is 6.43 Å². The van der Waals surface area contributed by atoms with Crippen molar-refractivity contribution >= 4 is 0 Å². The van der Waals surface area contributed by atoms with Crippen LogP contribution in [0.25, 0.3) is 0 Å². The quantitative estimate of drug-likeness (QED) is 0.626. The van der Waals surface area contributed by atoms with Crippen LogP contribution in [-0.2, 0) is 0 Å². The molecule has 1 aliphatic heterocycles. The molecule has 1 heterocycles. The number of nitrogens with one attached hydrogen (secondary N) is 1. The summed E-state index contributed by atoms with van der Waals surface area (Å²) >= 11 is 0. The molecule has 0 aromatic rings. The Morgan fingerprint density at radius 3 is 2.82 bits per heavy atom. The molecule has 0 aromatic heterocycles. The topological polar surface area (TPSA) is 38.0 Å². The monoisotopic (exact) mass is 164 g/mol. The number of hydrogen-bond acceptors (Lipinski definition) is 2. The van der Waals surface area contributed by atoms with Crippen molar-refractivity contribution in [1.29, 1.82) is 0 Å². The lowest BCUT2D eigenvalue weighted by Crippen LogP contribution is -2.45. The predicted molar refractivity (Wildman–Crippen MR) is 39.6 cm³/mol. The van der Waals surface area contributed by atoms with Crippen LogP contribution in [0.15, 0.2) is 0 Å². The smallest absolute Gasteiger partial charge is 0.239 e. The highest BCUT2D eigenvalue weighted by atomic mass is 19.3. The molecule has 1 rings (SSSR count). The van der Waals surface area contributed by atoms with Crippen LogP contribution >= 0.6 is 0 Å². The highest BCUT2D eigenvalue weighted by Gasteiger charge is 2.24. The molecule has 0 spiro atoms. The first-order valence-electron chi connectivity index (χ1n) is 3.94. The van der Waals surface area contributed by atoms with Gasteiger partial charge in [0.1, 0.15) is 0 Å². The Hall–Kier alpha value is -0.220. The molecular formula is C7H14F2N2. The first-order chi connectivity index (χ1) is 5.20. The molecule has 0 aliphatic carbocycles. The Kier molecular flexibility index (Phi) is 3.20. The lowest BCUT2D eigenvalue weighted by molar-refractivity contribution is 0.101. The molecule has 2 unspecified atom stereocenters. The van der Waals surface area contributed by atoms with E-state index in [0.717, 1.165) is 13.0 Å². The van der Waals surface area contributed by atoms with Gasteiger partial charge in [0.25, 0.3) is 0 Å². The number of alkyl halides is 2. The van der Waals surface area contributed by atoms with Gasteiger partial charge in [0, 0.05) is 12.5 Å². The maximum atomic E-state index is 11.9. The van der Waals surface area contributed by atoms with Gasteiger partial charge in [0.05, 0.1) is 0 Å². The Morgan fingerprint density at radius 2 is 2.27 bits per heavy atom. The van der Waals surface area contributed by atoms with Gasteiger partial charge in [-0.05, 0) is 25.4 Å². The van der Waals surface area contributed by atoms with Crippen LogP contribution in [-0.4, -0.2) is 25.6 Å². The maximum absolute atomic E-state index is 11.9. The highest BCUT2D eigenvalue weighted by molar-refractivity contribution is 4.80. The van der Waals surface area contributed by atoms with Crippen LogP contribution in [0.1, 0.15) is 12.8 Å². The van der Waals surface area contributed by atoms with Gasteiger partial charge in [-0.15, -0.1) is 0 Å². The van der Waals surface area contributed by atoms with Crippen LogP contribution in [0, 0.1) is 5.92 Å². The third-order valence-corrected chi connectivity index (χ3v) is 2.15.